The zero-order chi connectivity index (χ0) is 15.1. The fourth-order valence-electron chi connectivity index (χ4n) is 2.34. The van der Waals surface area contributed by atoms with E-state index in [0.717, 1.165) is 12.0 Å². The van der Waals surface area contributed by atoms with Gasteiger partial charge < -0.3 is 9.47 Å². The van der Waals surface area contributed by atoms with E-state index in [1.807, 2.05) is 31.2 Å². The summed E-state index contributed by atoms with van der Waals surface area (Å²) >= 11 is 0. The molecule has 0 atom stereocenters. The highest BCUT2D eigenvalue weighted by Crippen LogP contribution is 2.36. The van der Waals surface area contributed by atoms with Gasteiger partial charge in [0.2, 0.25) is 0 Å². The van der Waals surface area contributed by atoms with Crippen molar-refractivity contribution in [2.45, 2.75) is 19.1 Å². The van der Waals surface area contributed by atoms with Crippen molar-refractivity contribution in [3.63, 3.8) is 0 Å². The molecule has 0 aliphatic heterocycles. The van der Waals surface area contributed by atoms with E-state index in [9.17, 15) is 0 Å². The van der Waals surface area contributed by atoms with Crippen molar-refractivity contribution in [2.24, 2.45) is 0 Å². The van der Waals surface area contributed by atoms with Gasteiger partial charge in [-0.15, -0.1) is 0 Å². The van der Waals surface area contributed by atoms with Crippen LogP contribution >= 0.6 is 0 Å². The quantitative estimate of drug-likeness (QED) is 0.620. The average molecular weight is 278 g/mol. The number of nitrogens with zero attached hydrogens (tertiary/aromatic N) is 2. The highest BCUT2D eigenvalue weighted by Gasteiger charge is 2.41. The summed E-state index contributed by atoms with van der Waals surface area (Å²) in [5.74, 6) is -1.54. The summed E-state index contributed by atoms with van der Waals surface area (Å²) in [5, 5.41) is 18.1. The van der Waals surface area contributed by atoms with Crippen LogP contribution < -0.4 is 0 Å². The lowest BCUT2D eigenvalue weighted by Crippen LogP contribution is -2.33. The monoisotopic (exact) mass is 278 g/mol. The molecular formula is C17H14N2O2. The minimum atomic E-state index is -1.54. The van der Waals surface area contributed by atoms with E-state index in [-0.39, 0.29) is 0 Å². The van der Waals surface area contributed by atoms with Gasteiger partial charge in [0.1, 0.15) is 0 Å². The Morgan fingerprint density at radius 2 is 1.48 bits per heavy atom. The summed E-state index contributed by atoms with van der Waals surface area (Å²) in [6.07, 6.45) is 4.06. The number of benzene rings is 2. The topological polar surface area (TPSA) is 66.0 Å². The normalized spacial score (nSPS) is 10.2. The molecule has 2 rings (SSSR count). The third-order valence-corrected chi connectivity index (χ3v) is 3.29. The second-order valence-electron chi connectivity index (χ2n) is 4.38. The van der Waals surface area contributed by atoms with E-state index in [1.54, 1.807) is 42.8 Å². The summed E-state index contributed by atoms with van der Waals surface area (Å²) < 4.78 is 10.5. The Balaban J connectivity index is 2.71. The second kappa shape index (κ2) is 6.45. The predicted octanol–water partition coefficient (Wildman–Crippen LogP) is 3.45. The molecule has 0 radical (unpaired) electrons. The molecule has 0 fully saturated rings. The summed E-state index contributed by atoms with van der Waals surface area (Å²) in [7, 11) is 0. The van der Waals surface area contributed by atoms with E-state index in [4.69, 9.17) is 20.0 Å². The number of ether oxygens (including phenoxy) is 2. The Kier molecular flexibility index (Phi) is 4.43. The third kappa shape index (κ3) is 2.66. The third-order valence-electron chi connectivity index (χ3n) is 3.29. The van der Waals surface area contributed by atoms with Crippen LogP contribution in [0.25, 0.3) is 0 Å². The second-order valence-corrected chi connectivity index (χ2v) is 4.38. The highest BCUT2D eigenvalue weighted by molar-refractivity contribution is 5.40. The summed E-state index contributed by atoms with van der Waals surface area (Å²) in [5.41, 5.74) is 2.20. The maximum absolute atomic E-state index is 9.05. The Labute approximate surface area is 123 Å². The van der Waals surface area contributed by atoms with Crippen molar-refractivity contribution >= 4 is 0 Å². The Morgan fingerprint density at radius 1 is 0.905 bits per heavy atom. The Bertz CT molecular complexity index is 668. The molecule has 0 saturated heterocycles. The van der Waals surface area contributed by atoms with E-state index in [0.29, 0.717) is 11.1 Å². The van der Waals surface area contributed by atoms with Crippen LogP contribution in [0.2, 0.25) is 0 Å². The molecule has 0 bridgehead atoms. The number of hydrogen-bond donors (Lipinski definition) is 0. The fourth-order valence-corrected chi connectivity index (χ4v) is 2.34. The molecule has 0 aromatic heterocycles. The van der Waals surface area contributed by atoms with Crippen LogP contribution in [0.4, 0.5) is 0 Å². The molecule has 4 heteroatoms. The maximum Gasteiger partial charge on any atom is 0.328 e. The smallest absolute Gasteiger partial charge is 0.328 e. The van der Waals surface area contributed by atoms with Crippen LogP contribution in [0.1, 0.15) is 23.6 Å². The first kappa shape index (κ1) is 14.4. The van der Waals surface area contributed by atoms with Gasteiger partial charge in [-0.1, -0.05) is 61.5 Å². The first-order valence-corrected chi connectivity index (χ1v) is 6.56. The number of rotatable bonds is 5. The molecule has 0 unspecified atom stereocenters. The van der Waals surface area contributed by atoms with Crippen molar-refractivity contribution in [3.8, 4) is 12.5 Å². The van der Waals surface area contributed by atoms with Gasteiger partial charge in [0.25, 0.3) is 12.5 Å². The van der Waals surface area contributed by atoms with Gasteiger partial charge in [-0.05, 0) is 12.0 Å². The molecule has 0 heterocycles. The Hall–Kier alpha value is -2.98. The minimum absolute atomic E-state index is 0.592. The van der Waals surface area contributed by atoms with Crippen molar-refractivity contribution in [1.29, 1.82) is 10.5 Å². The van der Waals surface area contributed by atoms with Crippen molar-refractivity contribution in [3.05, 3.63) is 71.3 Å². The molecule has 0 aliphatic carbocycles. The molecule has 104 valence electrons. The number of hydrogen-bond acceptors (Lipinski definition) is 4. The fraction of sp³-hybridized carbons (Fsp3) is 0.176. The minimum Gasteiger partial charge on any atom is -0.372 e. The molecular weight excluding hydrogens is 264 g/mol. The van der Waals surface area contributed by atoms with Crippen LogP contribution in [-0.4, -0.2) is 0 Å². The molecule has 0 aliphatic rings. The van der Waals surface area contributed by atoms with E-state index in [1.165, 1.54) is 0 Å². The molecule has 2 aromatic rings. The first-order chi connectivity index (χ1) is 10.3. The van der Waals surface area contributed by atoms with Gasteiger partial charge >= 0.3 is 5.79 Å². The maximum atomic E-state index is 9.05. The predicted molar refractivity (Wildman–Crippen MR) is 76.4 cm³/mol. The molecule has 0 amide bonds. The van der Waals surface area contributed by atoms with E-state index < -0.39 is 5.79 Å². The van der Waals surface area contributed by atoms with Crippen LogP contribution in [0.3, 0.4) is 0 Å². The molecule has 2 aromatic carbocycles. The zero-order valence-electron chi connectivity index (χ0n) is 11.6. The average Bonchev–Trinajstić information content (AvgIpc) is 2.55. The lowest BCUT2D eigenvalue weighted by molar-refractivity contribution is -0.132. The molecule has 0 saturated carbocycles. The number of nitriles is 2. The molecule has 4 nitrogen and oxygen atoms in total. The first-order valence-electron chi connectivity index (χ1n) is 6.56. The standard InChI is InChI=1S/C17H14N2O2/c1-2-14-8-6-7-11-16(14)17(20-12-18,21-13-19)15-9-4-3-5-10-15/h3-11H,2H2,1H3. The molecule has 0 spiro atoms. The molecule has 0 N–H and O–H groups in total. The van der Waals surface area contributed by atoms with Crippen LogP contribution in [-0.2, 0) is 21.7 Å². The summed E-state index contributed by atoms with van der Waals surface area (Å²) in [6.45, 7) is 1.99. The van der Waals surface area contributed by atoms with Gasteiger partial charge in [-0.2, -0.15) is 10.5 Å². The van der Waals surface area contributed by atoms with Gasteiger partial charge in [0, 0.05) is 11.1 Å². The Morgan fingerprint density at radius 3 is 2.05 bits per heavy atom. The highest BCUT2D eigenvalue weighted by atomic mass is 16.7. The van der Waals surface area contributed by atoms with Crippen LogP contribution in [0.15, 0.2) is 54.6 Å². The van der Waals surface area contributed by atoms with Gasteiger partial charge in [0.15, 0.2) is 0 Å². The van der Waals surface area contributed by atoms with Crippen LogP contribution in [0, 0.1) is 23.0 Å². The lowest BCUT2D eigenvalue weighted by Gasteiger charge is -2.29. The van der Waals surface area contributed by atoms with E-state index in [2.05, 4.69) is 0 Å². The lowest BCUT2D eigenvalue weighted by atomic mass is 9.92. The number of aryl methyl sites for hydroxylation is 1. The summed E-state index contributed by atoms with van der Waals surface area (Å²) in [6, 6.07) is 16.4. The van der Waals surface area contributed by atoms with Gasteiger partial charge in [0.05, 0.1) is 0 Å². The largest absolute Gasteiger partial charge is 0.372 e. The SMILES string of the molecule is CCc1ccccc1C(OC#N)(OC#N)c1ccccc1. The summed E-state index contributed by atoms with van der Waals surface area (Å²) in [4.78, 5) is 0. The van der Waals surface area contributed by atoms with E-state index >= 15 is 0 Å². The van der Waals surface area contributed by atoms with Crippen molar-refractivity contribution in [1.82, 2.24) is 0 Å². The zero-order valence-corrected chi connectivity index (χ0v) is 11.6. The van der Waals surface area contributed by atoms with Gasteiger partial charge in [-0.25, -0.2) is 0 Å². The van der Waals surface area contributed by atoms with Crippen LogP contribution in [0.5, 0.6) is 0 Å². The van der Waals surface area contributed by atoms with Crippen molar-refractivity contribution in [2.75, 3.05) is 0 Å². The van der Waals surface area contributed by atoms with Gasteiger partial charge in [-0.3, -0.25) is 0 Å². The van der Waals surface area contributed by atoms with Crippen molar-refractivity contribution < 1.29 is 9.47 Å². The molecule has 21 heavy (non-hydrogen) atoms.